The molecule has 1 amide bonds. The summed E-state index contributed by atoms with van der Waals surface area (Å²) in [6.07, 6.45) is 0. The van der Waals surface area contributed by atoms with Gasteiger partial charge in [0.2, 0.25) is 0 Å². The maximum Gasteiger partial charge on any atom is 0.257 e. The lowest BCUT2D eigenvalue weighted by Gasteiger charge is -2.11. The maximum absolute atomic E-state index is 12.4. The Bertz CT molecular complexity index is 1160. The van der Waals surface area contributed by atoms with Gasteiger partial charge in [-0.15, -0.1) is 11.3 Å². The molecule has 0 aliphatic rings. The van der Waals surface area contributed by atoms with E-state index in [0.717, 1.165) is 11.3 Å². The van der Waals surface area contributed by atoms with Crippen LogP contribution in [0.5, 0.6) is 0 Å². The van der Waals surface area contributed by atoms with Crippen molar-refractivity contribution in [3.63, 3.8) is 0 Å². The largest absolute Gasteiger partial charge is 0.298 e. The highest BCUT2D eigenvalue weighted by Crippen LogP contribution is 2.36. The fourth-order valence-corrected chi connectivity index (χ4v) is 5.05. The first-order valence-electron chi connectivity index (χ1n) is 9.67. The van der Waals surface area contributed by atoms with Crippen LogP contribution in [0.15, 0.2) is 81.9 Å². The molecule has 0 bridgehead atoms. The van der Waals surface area contributed by atoms with Crippen LogP contribution in [0, 0.1) is 20.8 Å². The van der Waals surface area contributed by atoms with Gasteiger partial charge in [0, 0.05) is 26.3 Å². The zero-order valence-electron chi connectivity index (χ0n) is 17.1. The molecule has 4 rings (SSSR count). The Morgan fingerprint density at radius 2 is 1.57 bits per heavy atom. The van der Waals surface area contributed by atoms with Crippen LogP contribution < -0.4 is 5.32 Å². The van der Waals surface area contributed by atoms with Crippen molar-refractivity contribution in [2.75, 3.05) is 5.32 Å². The summed E-state index contributed by atoms with van der Waals surface area (Å²) in [5, 5.41) is 5.51. The molecular formula is C25H22N2OS2. The SMILES string of the molecule is Cc1ccc(Sc2cc(C)c(-c3csc(NC(=O)c4ccccc4)n3)c(C)c2)cc1. The Morgan fingerprint density at radius 3 is 2.23 bits per heavy atom. The van der Waals surface area contributed by atoms with E-state index in [0.29, 0.717) is 10.7 Å². The average Bonchev–Trinajstić information content (AvgIpc) is 3.18. The number of carbonyl (C=O) groups excluding carboxylic acids is 1. The second-order valence-corrected chi connectivity index (χ2v) is 9.21. The summed E-state index contributed by atoms with van der Waals surface area (Å²) in [5.74, 6) is -0.144. The first kappa shape index (κ1) is 20.4. The summed E-state index contributed by atoms with van der Waals surface area (Å²) in [6, 6.07) is 22.2. The minimum Gasteiger partial charge on any atom is -0.298 e. The Hall–Kier alpha value is -2.89. The van der Waals surface area contributed by atoms with Gasteiger partial charge in [-0.05, 0) is 68.3 Å². The Morgan fingerprint density at radius 1 is 0.900 bits per heavy atom. The molecule has 0 aliphatic heterocycles. The predicted octanol–water partition coefficient (Wildman–Crippen LogP) is 7.14. The van der Waals surface area contributed by atoms with Gasteiger partial charge in [0.05, 0.1) is 5.69 Å². The van der Waals surface area contributed by atoms with E-state index in [-0.39, 0.29) is 5.91 Å². The van der Waals surface area contributed by atoms with Crippen LogP contribution >= 0.6 is 23.1 Å². The fourth-order valence-electron chi connectivity index (χ4n) is 3.33. The number of thiazole rings is 1. The van der Waals surface area contributed by atoms with E-state index in [1.165, 1.54) is 37.8 Å². The minimum atomic E-state index is -0.144. The number of rotatable bonds is 5. The summed E-state index contributed by atoms with van der Waals surface area (Å²) < 4.78 is 0. The van der Waals surface area contributed by atoms with Crippen molar-refractivity contribution in [1.29, 1.82) is 0 Å². The number of nitrogens with one attached hydrogen (secondary N) is 1. The number of aryl methyl sites for hydroxylation is 3. The van der Waals surface area contributed by atoms with Crippen molar-refractivity contribution >= 4 is 34.1 Å². The standard InChI is InChI=1S/C25H22N2OS2/c1-16-9-11-20(12-10-16)30-21-13-17(2)23(18(3)14-21)22-15-29-25(26-22)27-24(28)19-7-5-4-6-8-19/h4-15H,1-3H3,(H,26,27,28). The summed E-state index contributed by atoms with van der Waals surface area (Å²) in [7, 11) is 0. The van der Waals surface area contributed by atoms with E-state index in [1.807, 2.05) is 23.6 Å². The van der Waals surface area contributed by atoms with Crippen LogP contribution in [0.25, 0.3) is 11.3 Å². The first-order valence-corrected chi connectivity index (χ1v) is 11.4. The van der Waals surface area contributed by atoms with Crippen LogP contribution in [-0.4, -0.2) is 10.9 Å². The van der Waals surface area contributed by atoms with Crippen molar-refractivity contribution in [2.24, 2.45) is 0 Å². The molecule has 0 spiro atoms. The molecule has 5 heteroatoms. The Labute approximate surface area is 185 Å². The van der Waals surface area contributed by atoms with Crippen LogP contribution in [0.1, 0.15) is 27.0 Å². The van der Waals surface area contributed by atoms with E-state index in [1.54, 1.807) is 23.9 Å². The molecule has 0 saturated carbocycles. The summed E-state index contributed by atoms with van der Waals surface area (Å²) in [6.45, 7) is 6.33. The lowest BCUT2D eigenvalue weighted by molar-refractivity contribution is 0.102. The number of aromatic nitrogens is 1. The molecule has 0 saturated heterocycles. The van der Waals surface area contributed by atoms with Gasteiger partial charge >= 0.3 is 0 Å². The van der Waals surface area contributed by atoms with E-state index < -0.39 is 0 Å². The molecule has 30 heavy (non-hydrogen) atoms. The average molecular weight is 431 g/mol. The number of nitrogens with zero attached hydrogens (tertiary/aromatic N) is 1. The van der Waals surface area contributed by atoms with Crippen molar-refractivity contribution < 1.29 is 4.79 Å². The van der Waals surface area contributed by atoms with Gasteiger partial charge in [-0.25, -0.2) is 4.98 Å². The van der Waals surface area contributed by atoms with E-state index in [9.17, 15) is 4.79 Å². The van der Waals surface area contributed by atoms with E-state index in [4.69, 9.17) is 0 Å². The first-order chi connectivity index (χ1) is 14.5. The van der Waals surface area contributed by atoms with Gasteiger partial charge < -0.3 is 0 Å². The molecule has 3 aromatic carbocycles. The van der Waals surface area contributed by atoms with Crippen LogP contribution in [-0.2, 0) is 0 Å². The van der Waals surface area contributed by atoms with Crippen LogP contribution in [0.4, 0.5) is 5.13 Å². The number of hydrogen-bond acceptors (Lipinski definition) is 4. The molecular weight excluding hydrogens is 408 g/mol. The van der Waals surface area contributed by atoms with Gasteiger partial charge in [0.1, 0.15) is 0 Å². The van der Waals surface area contributed by atoms with Crippen molar-refractivity contribution in [1.82, 2.24) is 4.98 Å². The highest BCUT2D eigenvalue weighted by Gasteiger charge is 2.14. The van der Waals surface area contributed by atoms with Crippen molar-refractivity contribution in [2.45, 2.75) is 30.6 Å². The third-order valence-corrected chi connectivity index (χ3v) is 6.52. The van der Waals surface area contributed by atoms with Gasteiger partial charge in [0.25, 0.3) is 5.91 Å². The zero-order valence-corrected chi connectivity index (χ0v) is 18.7. The Kier molecular flexibility index (Phi) is 6.02. The molecule has 4 aromatic rings. The van der Waals surface area contributed by atoms with Gasteiger partial charge in [0.15, 0.2) is 5.13 Å². The molecule has 150 valence electrons. The third-order valence-electron chi connectivity index (χ3n) is 4.78. The van der Waals surface area contributed by atoms with Crippen LogP contribution in [0.2, 0.25) is 0 Å². The predicted molar refractivity (Wildman–Crippen MR) is 127 cm³/mol. The molecule has 0 aliphatic carbocycles. The Balaban J connectivity index is 1.54. The van der Waals surface area contributed by atoms with Gasteiger partial charge in [-0.2, -0.15) is 0 Å². The number of hydrogen-bond donors (Lipinski definition) is 1. The molecule has 1 heterocycles. The third kappa shape index (κ3) is 4.64. The summed E-state index contributed by atoms with van der Waals surface area (Å²) in [5.41, 5.74) is 6.26. The quantitative estimate of drug-likeness (QED) is 0.366. The lowest BCUT2D eigenvalue weighted by Crippen LogP contribution is -2.11. The van der Waals surface area contributed by atoms with Gasteiger partial charge in [-0.3, -0.25) is 10.1 Å². The molecule has 0 unspecified atom stereocenters. The molecule has 0 radical (unpaired) electrons. The second-order valence-electron chi connectivity index (χ2n) is 7.21. The van der Waals surface area contributed by atoms with Crippen molar-refractivity contribution in [3.05, 3.63) is 94.4 Å². The monoisotopic (exact) mass is 430 g/mol. The van der Waals surface area contributed by atoms with E-state index >= 15 is 0 Å². The summed E-state index contributed by atoms with van der Waals surface area (Å²) in [4.78, 5) is 19.5. The summed E-state index contributed by atoms with van der Waals surface area (Å²) >= 11 is 3.21. The second kappa shape index (κ2) is 8.86. The van der Waals surface area contributed by atoms with Crippen LogP contribution in [0.3, 0.4) is 0 Å². The molecule has 0 fully saturated rings. The van der Waals surface area contributed by atoms with Gasteiger partial charge in [-0.1, -0.05) is 47.7 Å². The zero-order chi connectivity index (χ0) is 21.1. The highest BCUT2D eigenvalue weighted by atomic mass is 32.2. The topological polar surface area (TPSA) is 42.0 Å². The normalized spacial score (nSPS) is 10.8. The molecule has 0 atom stereocenters. The fraction of sp³-hybridized carbons (Fsp3) is 0.120. The number of carbonyl (C=O) groups is 1. The number of amides is 1. The van der Waals surface area contributed by atoms with E-state index in [2.05, 4.69) is 67.5 Å². The number of benzene rings is 3. The number of anilines is 1. The van der Waals surface area contributed by atoms with Crippen molar-refractivity contribution in [3.8, 4) is 11.3 Å². The molecule has 3 nitrogen and oxygen atoms in total. The minimum absolute atomic E-state index is 0.144. The smallest absolute Gasteiger partial charge is 0.257 e. The highest BCUT2D eigenvalue weighted by molar-refractivity contribution is 7.99. The molecule has 1 N–H and O–H groups in total. The lowest BCUT2D eigenvalue weighted by atomic mass is 10.0. The maximum atomic E-state index is 12.4. The molecule has 1 aromatic heterocycles.